The Kier molecular flexibility index (Phi) is 5.83. The van der Waals surface area contributed by atoms with Gasteiger partial charge in [0.1, 0.15) is 0 Å². The molecule has 0 aliphatic carbocycles. The van der Waals surface area contributed by atoms with E-state index in [0.717, 1.165) is 6.61 Å². The predicted molar refractivity (Wildman–Crippen MR) is 62.0 cm³/mol. The van der Waals surface area contributed by atoms with Crippen LogP contribution in [0.5, 0.6) is 0 Å². The van der Waals surface area contributed by atoms with Crippen molar-refractivity contribution in [1.29, 1.82) is 0 Å². The summed E-state index contributed by atoms with van der Waals surface area (Å²) in [5.74, 6) is 0. The molecule has 0 radical (unpaired) electrons. The molecule has 3 heteroatoms. The van der Waals surface area contributed by atoms with E-state index in [1.165, 1.54) is 24.8 Å². The lowest BCUT2D eigenvalue weighted by Crippen LogP contribution is -2.29. The van der Waals surface area contributed by atoms with Crippen molar-refractivity contribution >= 4 is 11.3 Å². The fraction of sp³-hybridized carbons (Fsp3) is 0.636. The van der Waals surface area contributed by atoms with Gasteiger partial charge in [0, 0.05) is 13.2 Å². The monoisotopic (exact) mass is 213 g/mol. The normalized spacial score (nSPS) is 13.0. The first-order valence-corrected chi connectivity index (χ1v) is 5.98. The number of nitrogens with one attached hydrogen (secondary N) is 1. The van der Waals surface area contributed by atoms with Gasteiger partial charge in [-0.1, -0.05) is 0 Å². The number of ether oxygens (including phenoxy) is 1. The lowest BCUT2D eigenvalue weighted by molar-refractivity contribution is 0.165. The van der Waals surface area contributed by atoms with Gasteiger partial charge in [-0.05, 0) is 48.7 Å². The van der Waals surface area contributed by atoms with Crippen LogP contribution in [0.2, 0.25) is 0 Å². The molecule has 1 rings (SSSR count). The van der Waals surface area contributed by atoms with Crippen molar-refractivity contribution < 1.29 is 4.74 Å². The number of hydrogen-bond donors (Lipinski definition) is 1. The fourth-order valence-corrected chi connectivity index (χ4v) is 2.20. The number of rotatable bonds is 7. The Bertz CT molecular complexity index is 223. The molecule has 0 spiro atoms. The van der Waals surface area contributed by atoms with E-state index in [0.29, 0.717) is 6.04 Å². The zero-order chi connectivity index (χ0) is 10.2. The Balaban J connectivity index is 2.13. The number of aryl methyl sites for hydroxylation is 1. The zero-order valence-corrected chi connectivity index (χ0v) is 9.77. The minimum atomic E-state index is 0.499. The third-order valence-electron chi connectivity index (χ3n) is 2.37. The second-order valence-electron chi connectivity index (χ2n) is 3.46. The second-order valence-corrected chi connectivity index (χ2v) is 4.24. The fourth-order valence-electron chi connectivity index (χ4n) is 1.50. The molecule has 0 aliphatic rings. The van der Waals surface area contributed by atoms with Crippen LogP contribution < -0.4 is 5.32 Å². The van der Waals surface area contributed by atoms with E-state index < -0.39 is 0 Å². The first-order valence-electron chi connectivity index (χ1n) is 5.04. The van der Waals surface area contributed by atoms with Gasteiger partial charge in [0.25, 0.3) is 0 Å². The molecule has 0 aromatic carbocycles. The first kappa shape index (κ1) is 11.7. The maximum atomic E-state index is 5.12. The molecular formula is C11H19NOS. The van der Waals surface area contributed by atoms with Crippen molar-refractivity contribution in [2.75, 3.05) is 20.8 Å². The summed E-state index contributed by atoms with van der Waals surface area (Å²) in [5.41, 5.74) is 1.46. The molecule has 1 atom stereocenters. The minimum Gasteiger partial charge on any atom is -0.383 e. The topological polar surface area (TPSA) is 21.3 Å². The third kappa shape index (κ3) is 4.22. The summed E-state index contributed by atoms with van der Waals surface area (Å²) in [4.78, 5) is 0. The van der Waals surface area contributed by atoms with Crippen LogP contribution in [0.25, 0.3) is 0 Å². The van der Waals surface area contributed by atoms with E-state index in [1.54, 1.807) is 18.4 Å². The zero-order valence-electron chi connectivity index (χ0n) is 8.95. The summed E-state index contributed by atoms with van der Waals surface area (Å²) in [5, 5.41) is 7.63. The minimum absolute atomic E-state index is 0.499. The maximum Gasteiger partial charge on any atom is 0.0615 e. The Morgan fingerprint density at radius 1 is 1.57 bits per heavy atom. The number of methoxy groups -OCH3 is 1. The predicted octanol–water partition coefficient (Wildman–Crippen LogP) is 2.31. The van der Waals surface area contributed by atoms with E-state index >= 15 is 0 Å². The molecule has 14 heavy (non-hydrogen) atoms. The summed E-state index contributed by atoms with van der Waals surface area (Å²) < 4.78 is 5.12. The highest BCUT2D eigenvalue weighted by Gasteiger charge is 2.04. The summed E-state index contributed by atoms with van der Waals surface area (Å²) in [6.07, 6.45) is 3.59. The molecule has 0 bridgehead atoms. The largest absolute Gasteiger partial charge is 0.383 e. The Morgan fingerprint density at radius 2 is 2.43 bits per heavy atom. The summed E-state index contributed by atoms with van der Waals surface area (Å²) in [6, 6.07) is 2.70. The van der Waals surface area contributed by atoms with Crippen LogP contribution >= 0.6 is 11.3 Å². The molecule has 0 amide bonds. The Hall–Kier alpha value is -0.380. The molecule has 0 fully saturated rings. The van der Waals surface area contributed by atoms with Gasteiger partial charge in [0.2, 0.25) is 0 Å². The number of hydrogen-bond acceptors (Lipinski definition) is 3. The first-order chi connectivity index (χ1) is 6.86. The summed E-state index contributed by atoms with van der Waals surface area (Å²) >= 11 is 1.77. The van der Waals surface area contributed by atoms with Crippen LogP contribution in [0.1, 0.15) is 18.4 Å². The molecule has 1 aromatic heterocycles. The molecule has 1 unspecified atom stereocenters. The van der Waals surface area contributed by atoms with Crippen molar-refractivity contribution in [2.45, 2.75) is 25.3 Å². The van der Waals surface area contributed by atoms with Gasteiger partial charge in [-0.2, -0.15) is 11.3 Å². The van der Waals surface area contributed by atoms with Crippen molar-refractivity contribution in [3.8, 4) is 0 Å². The average molecular weight is 213 g/mol. The van der Waals surface area contributed by atoms with Crippen LogP contribution in [0, 0.1) is 0 Å². The highest BCUT2D eigenvalue weighted by molar-refractivity contribution is 7.07. The van der Waals surface area contributed by atoms with E-state index in [4.69, 9.17) is 4.74 Å². The number of likely N-dealkylation sites (N-methyl/N-ethyl adjacent to an activating group) is 1. The highest BCUT2D eigenvalue weighted by atomic mass is 32.1. The molecule has 1 N–H and O–H groups in total. The van der Waals surface area contributed by atoms with Crippen LogP contribution in [0.3, 0.4) is 0 Å². The van der Waals surface area contributed by atoms with Crippen molar-refractivity contribution in [1.82, 2.24) is 5.32 Å². The van der Waals surface area contributed by atoms with Gasteiger partial charge >= 0.3 is 0 Å². The Labute approximate surface area is 90.3 Å². The van der Waals surface area contributed by atoms with Gasteiger partial charge < -0.3 is 10.1 Å². The van der Waals surface area contributed by atoms with Crippen LogP contribution in [-0.4, -0.2) is 26.8 Å². The summed E-state index contributed by atoms with van der Waals surface area (Å²) in [7, 11) is 3.75. The van der Waals surface area contributed by atoms with E-state index in [1.807, 2.05) is 7.05 Å². The third-order valence-corrected chi connectivity index (χ3v) is 3.11. The van der Waals surface area contributed by atoms with Gasteiger partial charge in [-0.3, -0.25) is 0 Å². The van der Waals surface area contributed by atoms with Crippen LogP contribution in [0.4, 0.5) is 0 Å². The van der Waals surface area contributed by atoms with E-state index in [9.17, 15) is 0 Å². The maximum absolute atomic E-state index is 5.12. The van der Waals surface area contributed by atoms with Crippen molar-refractivity contribution in [3.05, 3.63) is 22.4 Å². The van der Waals surface area contributed by atoms with Gasteiger partial charge in [-0.25, -0.2) is 0 Å². The quantitative estimate of drug-likeness (QED) is 0.750. The van der Waals surface area contributed by atoms with Gasteiger partial charge in [0.05, 0.1) is 6.61 Å². The Morgan fingerprint density at radius 3 is 3.00 bits per heavy atom. The van der Waals surface area contributed by atoms with Gasteiger partial charge in [0.15, 0.2) is 0 Å². The summed E-state index contributed by atoms with van der Waals surface area (Å²) in [6.45, 7) is 0.806. The highest BCUT2D eigenvalue weighted by Crippen LogP contribution is 2.10. The number of thiophene rings is 1. The van der Waals surface area contributed by atoms with Crippen molar-refractivity contribution in [2.24, 2.45) is 0 Å². The molecular weight excluding hydrogens is 194 g/mol. The lowest BCUT2D eigenvalue weighted by Gasteiger charge is -2.14. The molecule has 0 saturated carbocycles. The standard InChI is InChI=1S/C11H19NOS/c1-12-11(8-13-2)5-3-4-10-6-7-14-9-10/h6-7,9,11-12H,3-5,8H2,1-2H3. The van der Waals surface area contributed by atoms with Crippen LogP contribution in [0.15, 0.2) is 16.8 Å². The molecule has 1 aromatic rings. The van der Waals surface area contributed by atoms with E-state index in [2.05, 4.69) is 22.1 Å². The van der Waals surface area contributed by atoms with E-state index in [-0.39, 0.29) is 0 Å². The van der Waals surface area contributed by atoms with Gasteiger partial charge in [-0.15, -0.1) is 0 Å². The second kappa shape index (κ2) is 6.98. The van der Waals surface area contributed by atoms with Crippen molar-refractivity contribution in [3.63, 3.8) is 0 Å². The molecule has 80 valence electrons. The molecule has 2 nitrogen and oxygen atoms in total. The van der Waals surface area contributed by atoms with Crippen LogP contribution in [-0.2, 0) is 11.2 Å². The lowest BCUT2D eigenvalue weighted by atomic mass is 10.1. The molecule has 0 saturated heterocycles. The molecule has 0 aliphatic heterocycles. The molecule has 1 heterocycles. The SMILES string of the molecule is CNC(CCCc1ccsc1)COC. The smallest absolute Gasteiger partial charge is 0.0615 e. The average Bonchev–Trinajstić information content (AvgIpc) is 2.69.